The molecule has 0 aliphatic carbocycles. The zero-order valence-electron chi connectivity index (χ0n) is 23.4. The van der Waals surface area contributed by atoms with Crippen LogP contribution >= 0.6 is 0 Å². The number of benzene rings is 2. The van der Waals surface area contributed by atoms with Crippen molar-refractivity contribution in [1.29, 1.82) is 0 Å². The number of aryl methyl sites for hydroxylation is 1. The normalized spacial score (nSPS) is 12.7. The first-order chi connectivity index (χ1) is 18.4. The van der Waals surface area contributed by atoms with Gasteiger partial charge >= 0.3 is 0 Å². The molecule has 0 spiro atoms. The van der Waals surface area contributed by atoms with Crippen LogP contribution in [0, 0.1) is 24.7 Å². The smallest absolute Gasteiger partial charge is 0.264 e. The van der Waals surface area contributed by atoms with Gasteiger partial charge in [0, 0.05) is 17.2 Å². The van der Waals surface area contributed by atoms with Crippen molar-refractivity contribution in [2.45, 2.75) is 52.9 Å². The fraction of sp³-hybridized carbons (Fsp3) is 0.367. The highest BCUT2D eigenvalue weighted by Gasteiger charge is 2.20. The molecule has 0 fully saturated rings. The molecule has 0 saturated heterocycles. The van der Waals surface area contributed by atoms with Gasteiger partial charge in [0.2, 0.25) is 17.7 Å². The highest BCUT2D eigenvalue weighted by Crippen LogP contribution is 2.31. The van der Waals surface area contributed by atoms with Gasteiger partial charge in [0.1, 0.15) is 0 Å². The van der Waals surface area contributed by atoms with Gasteiger partial charge in [-0.15, -0.1) is 0 Å². The Labute approximate surface area is 231 Å². The second-order valence-electron chi connectivity index (χ2n) is 10.6. The van der Waals surface area contributed by atoms with Crippen molar-refractivity contribution in [2.24, 2.45) is 23.5 Å². The van der Waals surface area contributed by atoms with Crippen LogP contribution in [0.3, 0.4) is 0 Å². The Bertz CT molecular complexity index is 1450. The Morgan fingerprint density at radius 1 is 1.05 bits per heavy atom. The minimum atomic E-state index is -4.13. The second-order valence-corrected chi connectivity index (χ2v) is 12.3. The highest BCUT2D eigenvalue weighted by atomic mass is 32.2. The number of hydrogen-bond donors (Lipinski definition) is 2. The largest absolute Gasteiger partial charge is 0.477 e. The summed E-state index contributed by atoms with van der Waals surface area (Å²) in [7, 11) is -4.13. The third-order valence-corrected chi connectivity index (χ3v) is 7.29. The summed E-state index contributed by atoms with van der Waals surface area (Å²) >= 11 is 0. The van der Waals surface area contributed by atoms with Gasteiger partial charge in [-0.05, 0) is 60.4 Å². The maximum atomic E-state index is 13.2. The lowest BCUT2D eigenvalue weighted by Gasteiger charge is -2.17. The third-order valence-electron chi connectivity index (χ3n) is 5.97. The molecule has 3 N–H and O–H groups in total. The molecule has 0 aliphatic rings. The predicted molar refractivity (Wildman–Crippen MR) is 156 cm³/mol. The van der Waals surface area contributed by atoms with Crippen LogP contribution in [-0.4, -0.2) is 30.9 Å². The van der Waals surface area contributed by atoms with Gasteiger partial charge in [-0.3, -0.25) is 4.79 Å². The molecular weight excluding hydrogens is 512 g/mol. The Hall–Kier alpha value is -3.72. The van der Waals surface area contributed by atoms with E-state index in [1.165, 1.54) is 24.3 Å². The predicted octanol–water partition coefficient (Wildman–Crippen LogP) is 6.08. The molecule has 39 heavy (non-hydrogen) atoms. The van der Waals surface area contributed by atoms with Gasteiger partial charge in [-0.25, -0.2) is 18.1 Å². The second kappa shape index (κ2) is 12.9. The number of sulfonamides is 1. The number of ether oxygens (including phenoxy) is 1. The average Bonchev–Trinajstić information content (AvgIpc) is 2.85. The maximum Gasteiger partial charge on any atom is 0.264 e. The molecule has 1 heterocycles. The molecule has 9 heteroatoms. The maximum absolute atomic E-state index is 13.2. The number of amides is 1. The number of nitrogens with one attached hydrogen (secondary N) is 1. The first-order valence-corrected chi connectivity index (χ1v) is 14.6. The fourth-order valence-electron chi connectivity index (χ4n) is 4.24. The first kappa shape index (κ1) is 29.8. The van der Waals surface area contributed by atoms with Crippen molar-refractivity contribution < 1.29 is 17.9 Å². The summed E-state index contributed by atoms with van der Waals surface area (Å²) in [5.74, 6) is 0.557. The fourth-order valence-corrected chi connectivity index (χ4v) is 5.23. The molecular formula is C30H38N4O4S. The lowest BCUT2D eigenvalue weighted by atomic mass is 9.97. The summed E-state index contributed by atoms with van der Waals surface area (Å²) in [4.78, 5) is 20.4. The molecule has 2 aromatic carbocycles. The number of allylic oxidation sites excluding steroid dienone is 1. The van der Waals surface area contributed by atoms with E-state index in [-0.39, 0.29) is 28.2 Å². The standard InChI is InChI=1S/C30H38N4O4S/c1-19(2)13-14-23-10-7-9-22(6)28(23)26-17-27(38-18-21(5)15-20(3)4)33-30(32-26)34-39(36,37)25-12-8-11-24(16-25)29(31)35/h7-14,16-17,19-21H,15,18H2,1-6H3,(H2,31,35)(H,32,33,34)/b14-13+/t21-/m1/s1. The highest BCUT2D eigenvalue weighted by molar-refractivity contribution is 7.92. The Morgan fingerprint density at radius 3 is 2.44 bits per heavy atom. The molecule has 0 aliphatic heterocycles. The van der Waals surface area contributed by atoms with Crippen molar-refractivity contribution in [2.75, 3.05) is 11.3 Å². The van der Waals surface area contributed by atoms with Gasteiger partial charge in [-0.1, -0.05) is 71.0 Å². The van der Waals surface area contributed by atoms with E-state index in [2.05, 4.69) is 55.4 Å². The summed E-state index contributed by atoms with van der Waals surface area (Å²) in [6.07, 6.45) is 5.12. The van der Waals surface area contributed by atoms with Crippen molar-refractivity contribution in [3.05, 3.63) is 71.3 Å². The third kappa shape index (κ3) is 8.38. The number of carbonyl (C=O) groups excluding carboxylic acids is 1. The van der Waals surface area contributed by atoms with Gasteiger partial charge in [0.25, 0.3) is 10.0 Å². The van der Waals surface area contributed by atoms with Crippen LogP contribution in [0.5, 0.6) is 5.88 Å². The van der Waals surface area contributed by atoms with E-state index in [9.17, 15) is 13.2 Å². The zero-order chi connectivity index (χ0) is 28.7. The van der Waals surface area contributed by atoms with Crippen LogP contribution in [-0.2, 0) is 10.0 Å². The molecule has 3 aromatic rings. The number of anilines is 1. The molecule has 0 unspecified atom stereocenters. The molecule has 1 aromatic heterocycles. The van der Waals surface area contributed by atoms with Crippen LogP contribution < -0.4 is 15.2 Å². The number of hydrogen-bond acceptors (Lipinski definition) is 6. The molecule has 1 atom stereocenters. The monoisotopic (exact) mass is 550 g/mol. The quantitative estimate of drug-likeness (QED) is 0.282. The van der Waals surface area contributed by atoms with E-state index in [1.807, 2.05) is 31.2 Å². The average molecular weight is 551 g/mol. The Morgan fingerprint density at radius 2 is 1.77 bits per heavy atom. The van der Waals surface area contributed by atoms with Crippen LogP contribution in [0.1, 0.15) is 62.5 Å². The van der Waals surface area contributed by atoms with Crippen molar-refractivity contribution in [3.8, 4) is 17.1 Å². The molecule has 8 nitrogen and oxygen atoms in total. The number of rotatable bonds is 12. The molecule has 0 bridgehead atoms. The van der Waals surface area contributed by atoms with E-state index in [1.54, 1.807) is 6.07 Å². The summed E-state index contributed by atoms with van der Waals surface area (Å²) in [5.41, 5.74) is 8.73. The van der Waals surface area contributed by atoms with E-state index in [0.29, 0.717) is 24.1 Å². The lowest BCUT2D eigenvalue weighted by Crippen LogP contribution is -2.18. The summed E-state index contributed by atoms with van der Waals surface area (Å²) in [6.45, 7) is 13.0. The first-order valence-electron chi connectivity index (χ1n) is 13.1. The SMILES string of the molecule is Cc1cccc(/C=C/C(C)C)c1-c1cc(OC[C@H](C)CC(C)C)nc(NS(=O)(=O)c2cccc(C(N)=O)c2)n1. The number of nitrogens with two attached hydrogens (primary N) is 1. The lowest BCUT2D eigenvalue weighted by molar-refractivity contribution is 0.1000. The molecule has 3 rings (SSSR count). The van der Waals surface area contributed by atoms with E-state index in [0.717, 1.165) is 23.1 Å². The summed E-state index contributed by atoms with van der Waals surface area (Å²) in [6, 6.07) is 13.2. The van der Waals surface area contributed by atoms with E-state index in [4.69, 9.17) is 10.5 Å². The number of primary amides is 1. The van der Waals surface area contributed by atoms with Crippen molar-refractivity contribution in [1.82, 2.24) is 9.97 Å². The van der Waals surface area contributed by atoms with Gasteiger partial charge < -0.3 is 10.5 Å². The van der Waals surface area contributed by atoms with E-state index >= 15 is 0 Å². The van der Waals surface area contributed by atoms with Gasteiger partial charge in [-0.2, -0.15) is 4.98 Å². The van der Waals surface area contributed by atoms with Crippen molar-refractivity contribution in [3.63, 3.8) is 0 Å². The minimum absolute atomic E-state index is 0.0807. The van der Waals surface area contributed by atoms with Crippen LogP contribution in [0.15, 0.2) is 59.5 Å². The van der Waals surface area contributed by atoms with Crippen LogP contribution in [0.4, 0.5) is 5.95 Å². The number of carbonyl (C=O) groups is 1. The zero-order valence-corrected chi connectivity index (χ0v) is 24.2. The van der Waals surface area contributed by atoms with Crippen LogP contribution in [0.25, 0.3) is 17.3 Å². The molecule has 0 radical (unpaired) electrons. The topological polar surface area (TPSA) is 124 Å². The van der Waals surface area contributed by atoms with Gasteiger partial charge in [0.05, 0.1) is 17.2 Å². The number of aromatic nitrogens is 2. The van der Waals surface area contributed by atoms with E-state index < -0.39 is 15.9 Å². The number of nitrogens with zero attached hydrogens (tertiary/aromatic N) is 2. The molecule has 208 valence electrons. The Kier molecular flexibility index (Phi) is 9.86. The summed E-state index contributed by atoms with van der Waals surface area (Å²) in [5, 5.41) is 0. The Balaban J connectivity index is 2.08. The molecule has 0 saturated carbocycles. The molecule has 1 amide bonds. The summed E-state index contributed by atoms with van der Waals surface area (Å²) < 4.78 is 35.0. The van der Waals surface area contributed by atoms with Crippen LogP contribution in [0.2, 0.25) is 0 Å². The minimum Gasteiger partial charge on any atom is -0.477 e. The van der Waals surface area contributed by atoms with Gasteiger partial charge in [0.15, 0.2) is 0 Å². The van der Waals surface area contributed by atoms with Crippen molar-refractivity contribution >= 4 is 28.0 Å².